The number of amides is 1. The van der Waals surface area contributed by atoms with Gasteiger partial charge < -0.3 is 0 Å². The van der Waals surface area contributed by atoms with Crippen molar-refractivity contribution in [3.05, 3.63) is 101 Å². The lowest BCUT2D eigenvalue weighted by Crippen LogP contribution is -2.42. The highest BCUT2D eigenvalue weighted by atomic mass is 16.2. The number of hydrazine groups is 1. The number of fused-ring (bicyclic) bond motifs is 1. The third kappa shape index (κ3) is 3.61. The Morgan fingerprint density at radius 1 is 0.857 bits per heavy atom. The van der Waals surface area contributed by atoms with Crippen LogP contribution in [0.2, 0.25) is 0 Å². The first-order valence-corrected chi connectivity index (χ1v) is 8.87. The van der Waals surface area contributed by atoms with E-state index in [2.05, 4.69) is 10.4 Å². The summed E-state index contributed by atoms with van der Waals surface area (Å²) >= 11 is 0. The van der Waals surface area contributed by atoms with Gasteiger partial charge in [-0.05, 0) is 36.4 Å². The first kappa shape index (κ1) is 17.5. The van der Waals surface area contributed by atoms with E-state index in [1.165, 1.54) is 10.8 Å². The molecule has 0 radical (unpaired) electrons. The van der Waals surface area contributed by atoms with Crippen LogP contribution in [0.25, 0.3) is 11.0 Å². The number of hydrogen-bond donors (Lipinski definition) is 1. The maximum absolute atomic E-state index is 12.8. The number of benzene rings is 3. The minimum Gasteiger partial charge on any atom is -0.296 e. The fourth-order valence-electron chi connectivity index (χ4n) is 3.01. The summed E-state index contributed by atoms with van der Waals surface area (Å²) in [6, 6.07) is 26.3. The van der Waals surface area contributed by atoms with Gasteiger partial charge in [0.1, 0.15) is 6.54 Å². The molecule has 0 bridgehead atoms. The second-order valence-corrected chi connectivity index (χ2v) is 6.21. The van der Waals surface area contributed by atoms with E-state index in [0.717, 1.165) is 11.4 Å². The highest BCUT2D eigenvalue weighted by molar-refractivity contribution is 5.82. The molecule has 0 aliphatic heterocycles. The number of nitrogens with one attached hydrogen (secondary N) is 1. The molecule has 0 fully saturated rings. The van der Waals surface area contributed by atoms with E-state index < -0.39 is 0 Å². The highest BCUT2D eigenvalue weighted by Gasteiger charge is 2.14. The Kier molecular flexibility index (Phi) is 4.84. The van der Waals surface area contributed by atoms with E-state index >= 15 is 0 Å². The lowest BCUT2D eigenvalue weighted by molar-refractivity contribution is -0.121. The molecule has 0 unspecified atom stereocenters. The molecule has 0 saturated heterocycles. The largest absolute Gasteiger partial charge is 0.296 e. The monoisotopic (exact) mass is 370 g/mol. The number of rotatable bonds is 5. The van der Waals surface area contributed by atoms with Crippen molar-refractivity contribution >= 4 is 28.3 Å². The van der Waals surface area contributed by atoms with E-state index in [-0.39, 0.29) is 18.0 Å². The van der Waals surface area contributed by atoms with E-state index in [9.17, 15) is 9.59 Å². The average molecular weight is 370 g/mol. The summed E-state index contributed by atoms with van der Waals surface area (Å²) in [6.07, 6.45) is 1.24. The SMILES string of the molecule is O=C(Cn1c(=O)cnc2ccccc21)NN(c1ccccc1)c1ccccc1. The van der Waals surface area contributed by atoms with Gasteiger partial charge in [-0.25, -0.2) is 4.98 Å². The van der Waals surface area contributed by atoms with Crippen molar-refractivity contribution in [1.29, 1.82) is 0 Å². The molecule has 0 atom stereocenters. The number of aromatic nitrogens is 2. The van der Waals surface area contributed by atoms with Gasteiger partial charge in [-0.1, -0.05) is 48.5 Å². The lowest BCUT2D eigenvalue weighted by atomic mass is 10.2. The Bertz CT molecular complexity index is 1120. The molecule has 0 saturated carbocycles. The topological polar surface area (TPSA) is 67.2 Å². The summed E-state index contributed by atoms with van der Waals surface area (Å²) in [4.78, 5) is 29.3. The summed E-state index contributed by atoms with van der Waals surface area (Å²) in [5.74, 6) is -0.314. The van der Waals surface area contributed by atoms with Crippen molar-refractivity contribution in [3.63, 3.8) is 0 Å². The zero-order chi connectivity index (χ0) is 19.3. The van der Waals surface area contributed by atoms with E-state index in [0.29, 0.717) is 11.0 Å². The molecular formula is C22H18N4O2. The molecule has 1 N–H and O–H groups in total. The molecule has 6 nitrogen and oxygen atoms in total. The normalized spacial score (nSPS) is 10.6. The number of para-hydroxylation sites is 4. The third-order valence-electron chi connectivity index (χ3n) is 4.32. The molecule has 28 heavy (non-hydrogen) atoms. The quantitative estimate of drug-likeness (QED) is 0.548. The zero-order valence-corrected chi connectivity index (χ0v) is 15.0. The molecule has 4 rings (SSSR count). The number of carbonyl (C=O) groups excluding carboxylic acids is 1. The van der Waals surface area contributed by atoms with Crippen molar-refractivity contribution in [2.24, 2.45) is 0 Å². The van der Waals surface area contributed by atoms with Crippen LogP contribution >= 0.6 is 0 Å². The van der Waals surface area contributed by atoms with Crippen LogP contribution in [-0.4, -0.2) is 15.5 Å². The highest BCUT2D eigenvalue weighted by Crippen LogP contribution is 2.22. The van der Waals surface area contributed by atoms with Crippen LogP contribution in [0.5, 0.6) is 0 Å². The van der Waals surface area contributed by atoms with Crippen LogP contribution in [0.3, 0.4) is 0 Å². The molecule has 4 aromatic rings. The number of hydrogen-bond acceptors (Lipinski definition) is 4. The first-order chi connectivity index (χ1) is 13.7. The van der Waals surface area contributed by atoms with Crippen molar-refractivity contribution in [2.45, 2.75) is 6.54 Å². The van der Waals surface area contributed by atoms with E-state index in [4.69, 9.17) is 0 Å². The summed E-state index contributed by atoms with van der Waals surface area (Å²) in [6.45, 7) is -0.113. The molecule has 1 heterocycles. The minimum atomic E-state index is -0.320. The standard InChI is InChI=1S/C22H18N4O2/c27-21(16-25-20-14-8-7-13-19(20)23-15-22(25)28)24-26(17-9-3-1-4-10-17)18-11-5-2-6-12-18/h1-15H,16H2,(H,24,27). The third-order valence-corrected chi connectivity index (χ3v) is 4.32. The maximum atomic E-state index is 12.8. The molecule has 138 valence electrons. The van der Waals surface area contributed by atoms with Crippen molar-refractivity contribution in [1.82, 2.24) is 15.0 Å². The number of nitrogens with zero attached hydrogens (tertiary/aromatic N) is 3. The molecular weight excluding hydrogens is 352 g/mol. The van der Waals surface area contributed by atoms with Gasteiger partial charge in [0.2, 0.25) is 0 Å². The second-order valence-electron chi connectivity index (χ2n) is 6.21. The Hall–Kier alpha value is -3.93. The van der Waals surface area contributed by atoms with Gasteiger partial charge in [0.25, 0.3) is 11.5 Å². The van der Waals surface area contributed by atoms with E-state index in [1.807, 2.05) is 78.9 Å². The van der Waals surface area contributed by atoms with Crippen molar-refractivity contribution < 1.29 is 4.79 Å². The lowest BCUT2D eigenvalue weighted by Gasteiger charge is -2.25. The number of carbonyl (C=O) groups is 1. The number of anilines is 2. The Morgan fingerprint density at radius 2 is 1.43 bits per heavy atom. The van der Waals surface area contributed by atoms with Gasteiger partial charge in [-0.15, -0.1) is 0 Å². The fourth-order valence-corrected chi connectivity index (χ4v) is 3.01. The molecule has 1 aromatic heterocycles. The molecule has 0 spiro atoms. The van der Waals surface area contributed by atoms with E-state index in [1.54, 1.807) is 11.1 Å². The van der Waals surface area contributed by atoms with Crippen LogP contribution in [-0.2, 0) is 11.3 Å². The predicted octanol–water partition coefficient (Wildman–Crippen LogP) is 3.27. The maximum Gasteiger partial charge on any atom is 0.269 e. The van der Waals surface area contributed by atoms with Crippen LogP contribution in [0.4, 0.5) is 11.4 Å². The van der Waals surface area contributed by atoms with Crippen molar-refractivity contribution in [3.8, 4) is 0 Å². The second kappa shape index (κ2) is 7.75. The van der Waals surface area contributed by atoms with Crippen LogP contribution in [0.1, 0.15) is 0 Å². The van der Waals surface area contributed by atoms with Crippen LogP contribution in [0.15, 0.2) is 95.9 Å². The summed E-state index contributed by atoms with van der Waals surface area (Å²) < 4.78 is 1.42. The minimum absolute atomic E-state index is 0.113. The summed E-state index contributed by atoms with van der Waals surface area (Å²) in [5.41, 5.74) is 5.50. The van der Waals surface area contributed by atoms with Gasteiger partial charge in [0, 0.05) is 0 Å². The predicted molar refractivity (Wildman–Crippen MR) is 109 cm³/mol. The van der Waals surface area contributed by atoms with Crippen LogP contribution in [0, 0.1) is 0 Å². The fraction of sp³-hybridized carbons (Fsp3) is 0.0455. The average Bonchev–Trinajstić information content (AvgIpc) is 2.75. The van der Waals surface area contributed by atoms with Gasteiger partial charge in [0.15, 0.2) is 0 Å². The molecule has 0 aliphatic rings. The zero-order valence-electron chi connectivity index (χ0n) is 15.0. The van der Waals surface area contributed by atoms with Gasteiger partial charge in [-0.3, -0.25) is 24.6 Å². The molecule has 1 amide bonds. The summed E-state index contributed by atoms with van der Waals surface area (Å²) in [5, 5.41) is 1.71. The summed E-state index contributed by atoms with van der Waals surface area (Å²) in [7, 11) is 0. The smallest absolute Gasteiger partial charge is 0.269 e. The van der Waals surface area contributed by atoms with Gasteiger partial charge in [0.05, 0.1) is 28.6 Å². The Morgan fingerprint density at radius 3 is 2.07 bits per heavy atom. The van der Waals surface area contributed by atoms with Gasteiger partial charge in [-0.2, -0.15) is 0 Å². The Balaban J connectivity index is 1.65. The Labute approximate surface area is 161 Å². The molecule has 3 aromatic carbocycles. The van der Waals surface area contributed by atoms with Gasteiger partial charge >= 0.3 is 0 Å². The van der Waals surface area contributed by atoms with Crippen LogP contribution < -0.4 is 16.0 Å². The molecule has 6 heteroatoms. The first-order valence-electron chi connectivity index (χ1n) is 8.87. The molecule has 0 aliphatic carbocycles. The van der Waals surface area contributed by atoms with Crippen molar-refractivity contribution in [2.75, 3.05) is 5.01 Å².